The van der Waals surface area contributed by atoms with Gasteiger partial charge in [-0.2, -0.15) is 0 Å². The molecule has 0 saturated carbocycles. The van der Waals surface area contributed by atoms with Gasteiger partial charge in [0.15, 0.2) is 0 Å². The molecule has 0 unspecified atom stereocenters. The second kappa shape index (κ2) is 24.0. The number of nitrogens with one attached hydrogen (secondary N) is 1. The van der Waals surface area contributed by atoms with Crippen LogP contribution in [0.4, 0.5) is 0 Å². The number of hydrogen-bond acceptors (Lipinski definition) is 11. The molecule has 132 valence electrons. The minimum atomic E-state index is -1.43. The van der Waals surface area contributed by atoms with Gasteiger partial charge in [-0.1, -0.05) is 0 Å². The molecule has 1 N–H and O–H groups in total. The fourth-order valence-corrected chi connectivity index (χ4v) is 1.76. The van der Waals surface area contributed by atoms with Gasteiger partial charge in [0.1, 0.15) is 0 Å². The van der Waals surface area contributed by atoms with Crippen molar-refractivity contribution >= 4 is 23.9 Å². The Labute approximate surface area is 245 Å². The predicted molar refractivity (Wildman–Crippen MR) is 65.8 cm³/mol. The molecule has 0 saturated heterocycles. The Morgan fingerprint density at radius 2 is 0.778 bits per heavy atom. The van der Waals surface area contributed by atoms with E-state index in [1.54, 1.807) is 0 Å². The van der Waals surface area contributed by atoms with Crippen LogP contribution < -0.4 is 144 Å². The first-order chi connectivity index (χ1) is 10.7. The number of carboxylic acids is 4. The summed E-state index contributed by atoms with van der Waals surface area (Å²) in [6.45, 7) is -1.75. The van der Waals surface area contributed by atoms with E-state index in [9.17, 15) is 39.6 Å². The maximum atomic E-state index is 10.5. The summed E-state index contributed by atoms with van der Waals surface area (Å²) in [7, 11) is 0. The van der Waals surface area contributed by atoms with E-state index in [2.05, 4.69) is 5.32 Å². The van der Waals surface area contributed by atoms with Crippen LogP contribution in [0.25, 0.3) is 0 Å². The van der Waals surface area contributed by atoms with Crippen LogP contribution in [0.15, 0.2) is 0 Å². The maximum Gasteiger partial charge on any atom is 1.00 e. The average molecular weight is 423 g/mol. The van der Waals surface area contributed by atoms with Gasteiger partial charge in [-0.15, -0.1) is 0 Å². The first-order valence-electron chi connectivity index (χ1n) is 6.65. The fourth-order valence-electron chi connectivity index (χ4n) is 1.76. The van der Waals surface area contributed by atoms with Crippen LogP contribution in [0, 0.1) is 0 Å². The molecule has 0 amide bonds. The molecular formula is C12H17N3Na4O8. The van der Waals surface area contributed by atoms with Gasteiger partial charge in [-0.3, -0.25) is 9.80 Å². The molecule has 0 bridgehead atoms. The molecule has 0 aromatic rings. The summed E-state index contributed by atoms with van der Waals surface area (Å²) >= 11 is 0. The number of rotatable bonds is 14. The van der Waals surface area contributed by atoms with Crippen molar-refractivity contribution in [2.75, 3.05) is 52.4 Å². The number of carbonyl (C=O) groups excluding carboxylic acids is 4. The Kier molecular flexibility index (Phi) is 34.9. The number of carbonyl (C=O) groups is 4. The zero-order valence-electron chi connectivity index (χ0n) is 16.3. The van der Waals surface area contributed by atoms with Crippen molar-refractivity contribution < 1.29 is 158 Å². The van der Waals surface area contributed by atoms with Crippen LogP contribution in [0.2, 0.25) is 0 Å². The zero-order valence-corrected chi connectivity index (χ0v) is 24.3. The molecule has 0 spiro atoms. The normalized spacial score (nSPS) is 9.26. The third-order valence-corrected chi connectivity index (χ3v) is 2.62. The van der Waals surface area contributed by atoms with Crippen molar-refractivity contribution in [2.45, 2.75) is 0 Å². The second-order valence-electron chi connectivity index (χ2n) is 4.66. The summed E-state index contributed by atoms with van der Waals surface area (Å²) in [4.78, 5) is 44.0. The number of hydrogen-bond donors (Lipinski definition) is 1. The van der Waals surface area contributed by atoms with Crippen LogP contribution in [0.1, 0.15) is 0 Å². The molecule has 0 fully saturated rings. The molecule has 0 aromatic heterocycles. The van der Waals surface area contributed by atoms with E-state index in [1.165, 1.54) is 0 Å². The van der Waals surface area contributed by atoms with Crippen LogP contribution in [-0.2, 0) is 19.2 Å². The summed E-state index contributed by atoms with van der Waals surface area (Å²) in [5.74, 6) is -5.72. The fraction of sp³-hybridized carbons (Fsp3) is 0.667. The predicted octanol–water partition coefficient (Wildman–Crippen LogP) is -19.8. The van der Waals surface area contributed by atoms with E-state index in [0.29, 0.717) is 0 Å². The van der Waals surface area contributed by atoms with Crippen molar-refractivity contribution in [1.82, 2.24) is 15.1 Å². The maximum absolute atomic E-state index is 10.5. The topological polar surface area (TPSA) is 179 Å². The van der Waals surface area contributed by atoms with Crippen LogP contribution in [-0.4, -0.2) is 86.0 Å². The number of carboxylic acid groups (broad SMARTS) is 4. The Bertz CT molecular complexity index is 375. The van der Waals surface area contributed by atoms with E-state index in [0.717, 1.165) is 9.80 Å². The smallest absolute Gasteiger partial charge is 0.549 e. The van der Waals surface area contributed by atoms with Gasteiger partial charge in [-0.25, -0.2) is 0 Å². The van der Waals surface area contributed by atoms with Crippen molar-refractivity contribution in [3.8, 4) is 0 Å². The standard InChI is InChI=1S/C12H21N3O8.4Na/c16-9(17)5-14(6-10(18)19)3-1-13-2-4-15(7-11(20)21)8-12(22)23;;;;/h13H,1-8H2,(H,16,17)(H,18,19)(H,20,21)(H,22,23);;;;/q;4*+1/p-4. The van der Waals surface area contributed by atoms with E-state index < -0.39 is 50.1 Å². The molecular weight excluding hydrogens is 406 g/mol. The molecule has 15 heteroatoms. The zero-order chi connectivity index (χ0) is 17.8. The number of aliphatic carboxylic acids is 4. The molecule has 0 aliphatic rings. The van der Waals surface area contributed by atoms with Gasteiger partial charge >= 0.3 is 118 Å². The molecule has 0 atom stereocenters. The van der Waals surface area contributed by atoms with Gasteiger partial charge in [0.25, 0.3) is 0 Å². The quantitative estimate of drug-likeness (QED) is 0.207. The van der Waals surface area contributed by atoms with Crippen LogP contribution in [0.3, 0.4) is 0 Å². The largest absolute Gasteiger partial charge is 1.00 e. The number of nitrogens with zero attached hydrogens (tertiary/aromatic N) is 2. The monoisotopic (exact) mass is 423 g/mol. The Balaban J connectivity index is -0.000000403. The Morgan fingerprint density at radius 3 is 0.963 bits per heavy atom. The van der Waals surface area contributed by atoms with E-state index >= 15 is 0 Å². The van der Waals surface area contributed by atoms with Crippen molar-refractivity contribution in [1.29, 1.82) is 0 Å². The molecule has 0 heterocycles. The molecule has 0 rings (SSSR count). The first kappa shape index (κ1) is 39.3. The van der Waals surface area contributed by atoms with Crippen molar-refractivity contribution in [2.24, 2.45) is 0 Å². The minimum absolute atomic E-state index is 0. The summed E-state index contributed by atoms with van der Waals surface area (Å²) in [6, 6.07) is 0. The van der Waals surface area contributed by atoms with E-state index in [-0.39, 0.29) is 144 Å². The van der Waals surface area contributed by atoms with Gasteiger partial charge < -0.3 is 44.9 Å². The molecule has 0 aromatic carbocycles. The summed E-state index contributed by atoms with van der Waals surface area (Å²) in [5.41, 5.74) is 0. The minimum Gasteiger partial charge on any atom is -0.549 e. The van der Waals surface area contributed by atoms with Gasteiger partial charge in [0.05, 0.1) is 23.9 Å². The molecule has 11 nitrogen and oxygen atoms in total. The van der Waals surface area contributed by atoms with Gasteiger partial charge in [0, 0.05) is 52.4 Å². The van der Waals surface area contributed by atoms with Crippen molar-refractivity contribution in [3.05, 3.63) is 0 Å². The third kappa shape index (κ3) is 27.8. The van der Waals surface area contributed by atoms with Crippen LogP contribution >= 0.6 is 0 Å². The molecule has 0 aliphatic heterocycles. The Morgan fingerprint density at radius 1 is 0.556 bits per heavy atom. The first-order valence-corrected chi connectivity index (χ1v) is 6.65. The van der Waals surface area contributed by atoms with Gasteiger partial charge in [-0.05, 0) is 0 Å². The van der Waals surface area contributed by atoms with E-state index in [1.807, 2.05) is 0 Å². The molecule has 0 radical (unpaired) electrons. The third-order valence-electron chi connectivity index (χ3n) is 2.62. The average Bonchev–Trinajstić information content (AvgIpc) is 2.34. The molecule has 0 aliphatic carbocycles. The van der Waals surface area contributed by atoms with Gasteiger partial charge in [0.2, 0.25) is 0 Å². The Hall–Kier alpha value is 1.76. The molecule has 27 heavy (non-hydrogen) atoms. The second-order valence-corrected chi connectivity index (χ2v) is 4.66. The summed E-state index contributed by atoms with van der Waals surface area (Å²) in [6.07, 6.45) is 0. The summed E-state index contributed by atoms with van der Waals surface area (Å²) < 4.78 is 0. The SMILES string of the molecule is O=C([O-])CN(CCNCCN(CC(=O)[O-])CC(=O)[O-])CC(=O)[O-].[Na+].[Na+].[Na+].[Na+]. The van der Waals surface area contributed by atoms with E-state index in [4.69, 9.17) is 0 Å². The van der Waals surface area contributed by atoms with Crippen molar-refractivity contribution in [3.63, 3.8) is 0 Å². The van der Waals surface area contributed by atoms with Crippen LogP contribution in [0.5, 0.6) is 0 Å². The summed E-state index contributed by atoms with van der Waals surface area (Å²) in [5, 5.41) is 44.6.